The molecule has 0 amide bonds. The molecule has 2 aromatic carbocycles. The van der Waals surface area contributed by atoms with Crippen molar-refractivity contribution in [1.82, 2.24) is 0 Å². The predicted molar refractivity (Wildman–Crippen MR) is 128 cm³/mol. The molecule has 4 rings (SSSR count). The van der Waals surface area contributed by atoms with Gasteiger partial charge in [0.25, 0.3) is 0 Å². The lowest BCUT2D eigenvalue weighted by Crippen LogP contribution is -2.39. The molecule has 2 aromatic rings. The average molecular weight is 489 g/mol. The normalized spacial score (nSPS) is 17.3. The molecule has 0 radical (unpaired) electrons. The Hall–Kier alpha value is -2.80. The lowest BCUT2D eigenvalue weighted by Gasteiger charge is -2.33. The number of carboxylic acids is 1. The van der Waals surface area contributed by atoms with Crippen molar-refractivity contribution >= 4 is 11.5 Å². The van der Waals surface area contributed by atoms with Crippen LogP contribution in [0.25, 0.3) is 16.7 Å². The quantitative estimate of drug-likeness (QED) is 0.394. The fourth-order valence-corrected chi connectivity index (χ4v) is 4.99. The SMILES string of the molecule is CCCCOC(C)(C(=O)O)c1c(C(F)(F)F)ccc(C2=CCCC2)c1-c1ccc2c(c1)CCCO2. The summed E-state index contributed by atoms with van der Waals surface area (Å²) in [7, 11) is 0. The number of unbranched alkanes of at least 4 members (excludes halogenated alkanes) is 1. The van der Waals surface area contributed by atoms with Crippen molar-refractivity contribution in [3.8, 4) is 16.9 Å². The number of hydrogen-bond donors (Lipinski definition) is 1. The van der Waals surface area contributed by atoms with Gasteiger partial charge >= 0.3 is 12.1 Å². The minimum absolute atomic E-state index is 0.0426. The maximum atomic E-state index is 14.4. The van der Waals surface area contributed by atoms with E-state index < -0.39 is 23.3 Å². The van der Waals surface area contributed by atoms with Crippen LogP contribution in [0.5, 0.6) is 5.75 Å². The zero-order valence-electron chi connectivity index (χ0n) is 20.1. The summed E-state index contributed by atoms with van der Waals surface area (Å²) in [6.07, 6.45) is 2.59. The molecule has 1 atom stereocenters. The smallest absolute Gasteiger partial charge is 0.416 e. The van der Waals surface area contributed by atoms with Gasteiger partial charge in [-0.05, 0) is 91.5 Å². The van der Waals surface area contributed by atoms with E-state index in [9.17, 15) is 23.1 Å². The zero-order chi connectivity index (χ0) is 25.2. The van der Waals surface area contributed by atoms with E-state index >= 15 is 0 Å². The second-order valence-electron chi connectivity index (χ2n) is 9.34. The molecule has 7 heteroatoms. The van der Waals surface area contributed by atoms with Crippen LogP contribution in [0.4, 0.5) is 13.2 Å². The number of hydrogen-bond acceptors (Lipinski definition) is 3. The molecule has 0 saturated heterocycles. The largest absolute Gasteiger partial charge is 0.493 e. The predicted octanol–water partition coefficient (Wildman–Crippen LogP) is 7.38. The van der Waals surface area contributed by atoms with Crippen LogP contribution in [0.15, 0.2) is 36.4 Å². The molecule has 2 aliphatic rings. The molecule has 0 fully saturated rings. The van der Waals surface area contributed by atoms with Gasteiger partial charge in [0, 0.05) is 12.2 Å². The van der Waals surface area contributed by atoms with Gasteiger partial charge in [-0.15, -0.1) is 0 Å². The molecule has 35 heavy (non-hydrogen) atoms. The van der Waals surface area contributed by atoms with Crippen molar-refractivity contribution in [1.29, 1.82) is 0 Å². The molecule has 0 bridgehead atoms. The van der Waals surface area contributed by atoms with Gasteiger partial charge in [-0.1, -0.05) is 31.6 Å². The van der Waals surface area contributed by atoms with Crippen molar-refractivity contribution in [3.63, 3.8) is 0 Å². The number of benzene rings is 2. The summed E-state index contributed by atoms with van der Waals surface area (Å²) >= 11 is 0. The van der Waals surface area contributed by atoms with E-state index in [0.29, 0.717) is 24.2 Å². The number of allylic oxidation sites excluding steroid dienone is 2. The van der Waals surface area contributed by atoms with Crippen LogP contribution >= 0.6 is 0 Å². The molecule has 0 spiro atoms. The summed E-state index contributed by atoms with van der Waals surface area (Å²) in [5.41, 5.74) is -0.198. The molecule has 0 aromatic heterocycles. The van der Waals surface area contributed by atoms with Crippen molar-refractivity contribution in [2.24, 2.45) is 0 Å². The van der Waals surface area contributed by atoms with Crippen LogP contribution in [-0.2, 0) is 27.7 Å². The standard InChI is InChI=1S/C28H31F3O4/c1-3-4-16-35-27(2,26(32)33)25-22(28(29,30)31)13-12-21(18-8-5-6-9-18)24(25)20-11-14-23-19(17-20)10-7-15-34-23/h8,11-14,17H,3-7,9-10,15-16H2,1-2H3,(H,32,33). The zero-order valence-corrected chi connectivity index (χ0v) is 20.1. The van der Waals surface area contributed by atoms with Crippen molar-refractivity contribution < 1.29 is 32.5 Å². The van der Waals surface area contributed by atoms with Gasteiger partial charge in [0.05, 0.1) is 12.2 Å². The molecular formula is C28H31F3O4. The minimum Gasteiger partial charge on any atom is -0.493 e. The maximum Gasteiger partial charge on any atom is 0.416 e. The first kappa shape index (κ1) is 25.3. The highest BCUT2D eigenvalue weighted by atomic mass is 19.4. The van der Waals surface area contributed by atoms with E-state index in [0.717, 1.165) is 61.5 Å². The Kier molecular flexibility index (Phi) is 7.27. The van der Waals surface area contributed by atoms with Crippen LogP contribution in [0.1, 0.15) is 74.6 Å². The fraction of sp³-hybridized carbons (Fsp3) is 0.464. The molecule has 0 saturated carbocycles. The number of alkyl halides is 3. The lowest BCUT2D eigenvalue weighted by atomic mass is 9.79. The maximum absolute atomic E-state index is 14.4. The molecule has 1 aliphatic carbocycles. The summed E-state index contributed by atoms with van der Waals surface area (Å²) in [4.78, 5) is 12.6. The second kappa shape index (κ2) is 10.1. The Bertz CT molecular complexity index is 1140. The van der Waals surface area contributed by atoms with Gasteiger partial charge in [0.15, 0.2) is 5.60 Å². The monoisotopic (exact) mass is 488 g/mol. The fourth-order valence-electron chi connectivity index (χ4n) is 4.99. The number of carbonyl (C=O) groups is 1. The van der Waals surface area contributed by atoms with Gasteiger partial charge in [0.1, 0.15) is 5.75 Å². The van der Waals surface area contributed by atoms with E-state index in [-0.39, 0.29) is 17.7 Å². The van der Waals surface area contributed by atoms with Crippen molar-refractivity contribution in [2.75, 3.05) is 13.2 Å². The molecule has 188 valence electrons. The highest BCUT2D eigenvalue weighted by molar-refractivity contribution is 5.91. The van der Waals surface area contributed by atoms with Crippen LogP contribution in [0.3, 0.4) is 0 Å². The van der Waals surface area contributed by atoms with E-state index in [2.05, 4.69) is 0 Å². The van der Waals surface area contributed by atoms with Gasteiger partial charge < -0.3 is 14.6 Å². The number of carboxylic acid groups (broad SMARTS) is 1. The molecule has 1 heterocycles. The Morgan fingerprint density at radius 1 is 1.14 bits per heavy atom. The third kappa shape index (κ3) is 4.96. The molecule has 1 unspecified atom stereocenters. The summed E-state index contributed by atoms with van der Waals surface area (Å²) in [6, 6.07) is 7.86. The minimum atomic E-state index is -4.76. The van der Waals surface area contributed by atoms with E-state index in [1.165, 1.54) is 13.0 Å². The summed E-state index contributed by atoms with van der Waals surface area (Å²) in [5, 5.41) is 10.3. The first-order valence-corrected chi connectivity index (χ1v) is 12.2. The Labute approximate surface area is 203 Å². The summed E-state index contributed by atoms with van der Waals surface area (Å²) in [5.74, 6) is -0.727. The third-order valence-electron chi connectivity index (χ3n) is 6.87. The first-order valence-electron chi connectivity index (χ1n) is 12.2. The van der Waals surface area contributed by atoms with Crippen LogP contribution in [0, 0.1) is 0 Å². The number of aryl methyl sites for hydroxylation is 1. The van der Waals surface area contributed by atoms with Gasteiger partial charge in [-0.25, -0.2) is 4.79 Å². The van der Waals surface area contributed by atoms with Gasteiger partial charge in [0.2, 0.25) is 0 Å². The molecule has 1 aliphatic heterocycles. The van der Waals surface area contributed by atoms with Gasteiger partial charge in [-0.2, -0.15) is 13.2 Å². The number of rotatable bonds is 8. The van der Waals surface area contributed by atoms with Crippen LogP contribution in [0.2, 0.25) is 0 Å². The Morgan fingerprint density at radius 3 is 2.60 bits per heavy atom. The van der Waals surface area contributed by atoms with Crippen molar-refractivity contribution in [2.45, 2.75) is 70.6 Å². The van der Waals surface area contributed by atoms with Crippen molar-refractivity contribution in [3.05, 3.63) is 58.7 Å². The molecule has 1 N–H and O–H groups in total. The third-order valence-corrected chi connectivity index (χ3v) is 6.87. The second-order valence-corrected chi connectivity index (χ2v) is 9.34. The van der Waals surface area contributed by atoms with Crippen LogP contribution in [-0.4, -0.2) is 24.3 Å². The van der Waals surface area contributed by atoms with E-state index in [4.69, 9.17) is 9.47 Å². The Balaban J connectivity index is 2.05. The summed E-state index contributed by atoms with van der Waals surface area (Å²) < 4.78 is 54.8. The van der Waals surface area contributed by atoms with E-state index in [1.807, 2.05) is 19.1 Å². The van der Waals surface area contributed by atoms with Crippen LogP contribution < -0.4 is 4.74 Å². The van der Waals surface area contributed by atoms with E-state index in [1.54, 1.807) is 12.1 Å². The lowest BCUT2D eigenvalue weighted by molar-refractivity contribution is -0.168. The number of aliphatic carboxylic acids is 1. The van der Waals surface area contributed by atoms with Gasteiger partial charge in [-0.3, -0.25) is 0 Å². The highest BCUT2D eigenvalue weighted by Crippen LogP contribution is 2.48. The summed E-state index contributed by atoms with van der Waals surface area (Å²) in [6.45, 7) is 3.80. The average Bonchev–Trinajstić information content (AvgIpc) is 3.37. The topological polar surface area (TPSA) is 55.8 Å². The Morgan fingerprint density at radius 2 is 1.94 bits per heavy atom. The highest BCUT2D eigenvalue weighted by Gasteiger charge is 2.47. The number of fused-ring (bicyclic) bond motifs is 1. The molecular weight excluding hydrogens is 457 g/mol. The first-order chi connectivity index (χ1) is 16.7. The molecule has 4 nitrogen and oxygen atoms in total. The number of ether oxygens (including phenoxy) is 2. The number of halogens is 3.